The van der Waals surface area contributed by atoms with Gasteiger partial charge in [0.05, 0.1) is 0 Å². The summed E-state index contributed by atoms with van der Waals surface area (Å²) in [5, 5.41) is 0. The fourth-order valence-electron chi connectivity index (χ4n) is 1.41. The molecule has 0 saturated heterocycles. The average Bonchev–Trinajstić information content (AvgIpc) is 2.19. The standard InChI is InChI=1S/C10H18N4O/c1-4-14(5-2)10-6-8(11)12-9(13-10)7-15-3/h6H,4-5,7H2,1-3H3,(H2,11,12,13). The van der Waals surface area contributed by atoms with E-state index >= 15 is 0 Å². The summed E-state index contributed by atoms with van der Waals surface area (Å²) < 4.78 is 4.99. The van der Waals surface area contributed by atoms with E-state index < -0.39 is 0 Å². The van der Waals surface area contributed by atoms with Crippen molar-refractivity contribution in [2.75, 3.05) is 30.8 Å². The Labute approximate surface area is 90.3 Å². The molecule has 5 heteroatoms. The summed E-state index contributed by atoms with van der Waals surface area (Å²) in [6, 6.07) is 1.78. The molecule has 0 aliphatic heterocycles. The summed E-state index contributed by atoms with van der Waals surface area (Å²) in [5.41, 5.74) is 5.70. The summed E-state index contributed by atoms with van der Waals surface area (Å²) in [6.45, 7) is 6.35. The molecule has 0 aliphatic rings. The lowest BCUT2D eigenvalue weighted by Crippen LogP contribution is -2.24. The Hall–Kier alpha value is -1.36. The number of rotatable bonds is 5. The largest absolute Gasteiger partial charge is 0.384 e. The van der Waals surface area contributed by atoms with Gasteiger partial charge in [-0.1, -0.05) is 0 Å². The second-order valence-corrected chi connectivity index (χ2v) is 3.17. The van der Waals surface area contributed by atoms with Crippen LogP contribution in [0.1, 0.15) is 19.7 Å². The smallest absolute Gasteiger partial charge is 0.158 e. The maximum atomic E-state index is 5.70. The number of methoxy groups -OCH3 is 1. The van der Waals surface area contributed by atoms with Gasteiger partial charge in [0.2, 0.25) is 0 Å². The van der Waals surface area contributed by atoms with E-state index in [0.717, 1.165) is 18.9 Å². The number of nitrogen functional groups attached to an aromatic ring is 1. The van der Waals surface area contributed by atoms with E-state index in [4.69, 9.17) is 10.5 Å². The molecule has 0 fully saturated rings. The van der Waals surface area contributed by atoms with Gasteiger partial charge in [-0.3, -0.25) is 0 Å². The van der Waals surface area contributed by atoms with Gasteiger partial charge >= 0.3 is 0 Å². The Morgan fingerprint density at radius 3 is 2.53 bits per heavy atom. The van der Waals surface area contributed by atoms with Crippen LogP contribution in [0.5, 0.6) is 0 Å². The fraction of sp³-hybridized carbons (Fsp3) is 0.600. The number of ether oxygens (including phenoxy) is 1. The molecule has 0 spiro atoms. The Morgan fingerprint density at radius 2 is 2.00 bits per heavy atom. The van der Waals surface area contributed by atoms with Crippen LogP contribution in [-0.2, 0) is 11.3 Å². The monoisotopic (exact) mass is 210 g/mol. The van der Waals surface area contributed by atoms with Crippen LogP contribution in [0.15, 0.2) is 6.07 Å². The summed E-state index contributed by atoms with van der Waals surface area (Å²) in [4.78, 5) is 10.6. The number of hydrogen-bond donors (Lipinski definition) is 1. The first-order valence-electron chi connectivity index (χ1n) is 5.08. The average molecular weight is 210 g/mol. The van der Waals surface area contributed by atoms with Gasteiger partial charge in [0, 0.05) is 26.3 Å². The number of anilines is 2. The van der Waals surface area contributed by atoms with Gasteiger partial charge in [0.15, 0.2) is 5.82 Å². The minimum atomic E-state index is 0.388. The number of aromatic nitrogens is 2. The molecule has 0 bridgehead atoms. The molecule has 0 aliphatic carbocycles. The molecular weight excluding hydrogens is 192 g/mol. The minimum absolute atomic E-state index is 0.388. The summed E-state index contributed by atoms with van der Waals surface area (Å²) in [7, 11) is 1.61. The molecule has 5 nitrogen and oxygen atoms in total. The van der Waals surface area contributed by atoms with E-state index in [0.29, 0.717) is 18.2 Å². The molecule has 0 atom stereocenters. The van der Waals surface area contributed by atoms with E-state index in [1.54, 1.807) is 13.2 Å². The highest BCUT2D eigenvalue weighted by atomic mass is 16.5. The molecule has 2 N–H and O–H groups in total. The van der Waals surface area contributed by atoms with Gasteiger partial charge in [-0.15, -0.1) is 0 Å². The highest BCUT2D eigenvalue weighted by Gasteiger charge is 2.07. The van der Waals surface area contributed by atoms with E-state index in [-0.39, 0.29) is 0 Å². The Bertz CT molecular complexity index is 312. The first-order chi connectivity index (χ1) is 7.21. The first kappa shape index (κ1) is 11.7. The maximum absolute atomic E-state index is 5.70. The third-order valence-corrected chi connectivity index (χ3v) is 2.14. The molecule has 0 amide bonds. The van der Waals surface area contributed by atoms with Crippen molar-refractivity contribution < 1.29 is 4.74 Å². The molecule has 0 radical (unpaired) electrons. The summed E-state index contributed by atoms with van der Waals surface area (Å²) >= 11 is 0. The zero-order chi connectivity index (χ0) is 11.3. The van der Waals surface area contributed by atoms with Crippen LogP contribution < -0.4 is 10.6 Å². The molecular formula is C10H18N4O. The zero-order valence-corrected chi connectivity index (χ0v) is 9.53. The third-order valence-electron chi connectivity index (χ3n) is 2.14. The minimum Gasteiger partial charge on any atom is -0.384 e. The highest BCUT2D eigenvalue weighted by molar-refractivity contribution is 5.46. The van der Waals surface area contributed by atoms with Gasteiger partial charge in [-0.05, 0) is 13.8 Å². The topological polar surface area (TPSA) is 64.3 Å². The second-order valence-electron chi connectivity index (χ2n) is 3.17. The SMILES string of the molecule is CCN(CC)c1cc(N)nc(COC)n1. The normalized spacial score (nSPS) is 10.3. The predicted octanol–water partition coefficient (Wildman–Crippen LogP) is 1.05. The fourth-order valence-corrected chi connectivity index (χ4v) is 1.41. The zero-order valence-electron chi connectivity index (χ0n) is 9.53. The molecule has 84 valence electrons. The third kappa shape index (κ3) is 3.06. The van der Waals surface area contributed by atoms with Crippen molar-refractivity contribution in [1.82, 2.24) is 9.97 Å². The van der Waals surface area contributed by atoms with Crippen LogP contribution in [0, 0.1) is 0 Å². The Morgan fingerprint density at radius 1 is 1.33 bits per heavy atom. The number of hydrogen-bond acceptors (Lipinski definition) is 5. The van der Waals surface area contributed by atoms with Gasteiger partial charge in [0.1, 0.15) is 18.2 Å². The van der Waals surface area contributed by atoms with Gasteiger partial charge in [-0.25, -0.2) is 9.97 Å². The number of nitrogens with two attached hydrogens (primary N) is 1. The molecule has 1 aromatic heterocycles. The molecule has 15 heavy (non-hydrogen) atoms. The van der Waals surface area contributed by atoms with Crippen LogP contribution in [-0.4, -0.2) is 30.2 Å². The predicted molar refractivity (Wildman–Crippen MR) is 60.7 cm³/mol. The van der Waals surface area contributed by atoms with Crippen molar-refractivity contribution in [2.24, 2.45) is 0 Å². The Kier molecular flexibility index (Phi) is 4.30. The lowest BCUT2D eigenvalue weighted by atomic mass is 10.4. The van der Waals surface area contributed by atoms with Crippen LogP contribution in [0.2, 0.25) is 0 Å². The molecule has 0 unspecified atom stereocenters. The van der Waals surface area contributed by atoms with Gasteiger partial charge in [-0.2, -0.15) is 0 Å². The van der Waals surface area contributed by atoms with Gasteiger partial charge < -0.3 is 15.4 Å². The lowest BCUT2D eigenvalue weighted by molar-refractivity contribution is 0.178. The van der Waals surface area contributed by atoms with Crippen molar-refractivity contribution in [1.29, 1.82) is 0 Å². The van der Waals surface area contributed by atoms with Crippen LogP contribution in [0.4, 0.5) is 11.6 Å². The molecule has 0 aromatic carbocycles. The second kappa shape index (κ2) is 5.50. The molecule has 1 rings (SSSR count). The molecule has 1 heterocycles. The van der Waals surface area contributed by atoms with Crippen molar-refractivity contribution in [3.8, 4) is 0 Å². The molecule has 0 saturated carbocycles. The van der Waals surface area contributed by atoms with Crippen molar-refractivity contribution in [3.05, 3.63) is 11.9 Å². The van der Waals surface area contributed by atoms with Crippen molar-refractivity contribution in [2.45, 2.75) is 20.5 Å². The quantitative estimate of drug-likeness (QED) is 0.787. The van der Waals surface area contributed by atoms with Gasteiger partial charge in [0.25, 0.3) is 0 Å². The lowest BCUT2D eigenvalue weighted by Gasteiger charge is -2.20. The maximum Gasteiger partial charge on any atom is 0.158 e. The van der Waals surface area contributed by atoms with E-state index in [1.165, 1.54) is 0 Å². The van der Waals surface area contributed by atoms with E-state index in [9.17, 15) is 0 Å². The summed E-state index contributed by atoms with van der Waals surface area (Å²) in [6.07, 6.45) is 0. The van der Waals surface area contributed by atoms with E-state index in [1.807, 2.05) is 0 Å². The number of nitrogens with zero attached hydrogens (tertiary/aromatic N) is 3. The summed E-state index contributed by atoms with van der Waals surface area (Å²) in [5.74, 6) is 1.97. The molecule has 1 aromatic rings. The van der Waals surface area contributed by atoms with Crippen LogP contribution in [0.3, 0.4) is 0 Å². The first-order valence-corrected chi connectivity index (χ1v) is 5.08. The van der Waals surface area contributed by atoms with Crippen LogP contribution in [0.25, 0.3) is 0 Å². The van der Waals surface area contributed by atoms with Crippen molar-refractivity contribution in [3.63, 3.8) is 0 Å². The van der Waals surface area contributed by atoms with Crippen LogP contribution >= 0.6 is 0 Å². The highest BCUT2D eigenvalue weighted by Crippen LogP contribution is 2.13. The Balaban J connectivity index is 2.96. The van der Waals surface area contributed by atoms with E-state index in [2.05, 4.69) is 28.7 Å². The van der Waals surface area contributed by atoms with Crippen molar-refractivity contribution >= 4 is 11.6 Å².